The van der Waals surface area contributed by atoms with Gasteiger partial charge in [0.25, 0.3) is 0 Å². The van der Waals surface area contributed by atoms with Crippen molar-refractivity contribution >= 4 is 44.6 Å². The summed E-state index contributed by atoms with van der Waals surface area (Å²) in [6, 6.07) is 43.5. The Labute approximate surface area is 302 Å². The molecule has 1 unspecified atom stereocenters. The Hall–Kier alpha value is -6.13. The second-order valence-electron chi connectivity index (χ2n) is 15.1. The number of fused-ring (bicyclic) bond motifs is 12. The quantitative estimate of drug-likeness (QED) is 0.176. The van der Waals surface area contributed by atoms with Crippen molar-refractivity contribution in [2.75, 3.05) is 0 Å². The van der Waals surface area contributed by atoms with Crippen molar-refractivity contribution in [3.05, 3.63) is 166 Å². The van der Waals surface area contributed by atoms with Crippen LogP contribution in [0.3, 0.4) is 0 Å². The Morgan fingerprint density at radius 1 is 0.635 bits per heavy atom. The minimum atomic E-state index is -0.0888. The Balaban J connectivity index is 1.27. The number of hydrogen-bond acceptors (Lipinski definition) is 3. The molecule has 3 aliphatic rings. The lowest BCUT2D eigenvalue weighted by Crippen LogP contribution is -2.20. The van der Waals surface area contributed by atoms with Gasteiger partial charge < -0.3 is 0 Å². The minimum absolute atomic E-state index is 0.0888. The van der Waals surface area contributed by atoms with E-state index >= 15 is 0 Å². The van der Waals surface area contributed by atoms with Gasteiger partial charge in [-0.2, -0.15) is 9.97 Å². The molecule has 248 valence electrons. The van der Waals surface area contributed by atoms with Crippen LogP contribution < -0.4 is 0 Å². The summed E-state index contributed by atoms with van der Waals surface area (Å²) in [6.07, 6.45) is 10.3. The highest BCUT2D eigenvalue weighted by molar-refractivity contribution is 6.17. The van der Waals surface area contributed by atoms with Gasteiger partial charge in [-0.3, -0.25) is 4.57 Å². The number of hydrogen-bond donors (Lipinski definition) is 0. The van der Waals surface area contributed by atoms with Crippen molar-refractivity contribution in [1.82, 2.24) is 19.5 Å². The molecule has 4 nitrogen and oxygen atoms in total. The van der Waals surface area contributed by atoms with Gasteiger partial charge in [-0.25, -0.2) is 4.98 Å². The van der Waals surface area contributed by atoms with Gasteiger partial charge in [0.1, 0.15) is 0 Å². The number of benzene rings is 6. The van der Waals surface area contributed by atoms with Crippen LogP contribution in [0.4, 0.5) is 0 Å². The molecule has 11 rings (SSSR count). The first-order chi connectivity index (χ1) is 25.5. The van der Waals surface area contributed by atoms with Crippen molar-refractivity contribution in [3.8, 4) is 28.7 Å². The van der Waals surface area contributed by atoms with Crippen molar-refractivity contribution in [2.45, 2.75) is 44.4 Å². The highest BCUT2D eigenvalue weighted by Crippen LogP contribution is 2.55. The van der Waals surface area contributed by atoms with Gasteiger partial charge in [0, 0.05) is 27.8 Å². The molecule has 0 amide bonds. The van der Waals surface area contributed by atoms with E-state index in [-0.39, 0.29) is 5.41 Å². The number of aromatic nitrogens is 4. The molecule has 0 aliphatic heterocycles. The molecule has 0 spiro atoms. The molecule has 0 radical (unpaired) electrons. The maximum Gasteiger partial charge on any atom is 0.238 e. The van der Waals surface area contributed by atoms with Crippen LogP contribution in [0.15, 0.2) is 133 Å². The SMILES string of the molecule is CC1(C)C2=Cc3c(c4cc5c6c(c7ccccc7c5cc4n3-c3nc(-c4ccccc4)nc(-c4ccccc4)n3)CCC=C6)CC2c2ccccc21. The second kappa shape index (κ2) is 10.9. The Kier molecular flexibility index (Phi) is 6.22. The molecule has 2 aromatic heterocycles. The number of nitrogens with zero attached hydrogens (tertiary/aromatic N) is 4. The van der Waals surface area contributed by atoms with Gasteiger partial charge in [0.05, 0.1) is 11.2 Å². The Morgan fingerprint density at radius 3 is 2.06 bits per heavy atom. The predicted octanol–water partition coefficient (Wildman–Crippen LogP) is 11.4. The van der Waals surface area contributed by atoms with Gasteiger partial charge in [0.2, 0.25) is 5.95 Å². The summed E-state index contributed by atoms with van der Waals surface area (Å²) in [5.41, 5.74) is 12.7. The van der Waals surface area contributed by atoms with Crippen LogP contribution in [0.25, 0.3) is 73.3 Å². The Bertz CT molecular complexity index is 2780. The third kappa shape index (κ3) is 4.18. The highest BCUT2D eigenvalue weighted by atomic mass is 15.2. The first-order valence-corrected chi connectivity index (χ1v) is 18.4. The van der Waals surface area contributed by atoms with E-state index in [0.29, 0.717) is 23.5 Å². The first-order valence-electron chi connectivity index (χ1n) is 18.4. The van der Waals surface area contributed by atoms with Crippen LogP contribution in [-0.4, -0.2) is 19.5 Å². The average molecular weight is 669 g/mol. The van der Waals surface area contributed by atoms with Crippen LogP contribution in [0.2, 0.25) is 0 Å². The minimum Gasteiger partial charge on any atom is -0.278 e. The van der Waals surface area contributed by atoms with E-state index in [1.54, 1.807) is 0 Å². The second-order valence-corrected chi connectivity index (χ2v) is 15.1. The van der Waals surface area contributed by atoms with Gasteiger partial charge in [-0.05, 0) is 86.8 Å². The molecule has 6 aromatic carbocycles. The third-order valence-electron chi connectivity index (χ3n) is 11.9. The van der Waals surface area contributed by atoms with Crippen LogP contribution in [0.5, 0.6) is 0 Å². The maximum atomic E-state index is 5.30. The predicted molar refractivity (Wildman–Crippen MR) is 214 cm³/mol. The highest BCUT2D eigenvalue weighted by Gasteiger charge is 2.44. The Morgan fingerprint density at radius 2 is 1.31 bits per heavy atom. The van der Waals surface area contributed by atoms with Gasteiger partial charge in [-0.1, -0.05) is 141 Å². The van der Waals surface area contributed by atoms with Gasteiger partial charge in [-0.15, -0.1) is 0 Å². The van der Waals surface area contributed by atoms with Crippen molar-refractivity contribution < 1.29 is 0 Å². The zero-order chi connectivity index (χ0) is 34.6. The summed E-state index contributed by atoms with van der Waals surface area (Å²) < 4.78 is 2.34. The lowest BCUT2D eigenvalue weighted by atomic mass is 9.76. The molecule has 2 heterocycles. The summed E-state index contributed by atoms with van der Waals surface area (Å²) >= 11 is 0. The zero-order valence-corrected chi connectivity index (χ0v) is 29.3. The fourth-order valence-electron chi connectivity index (χ4n) is 9.50. The molecule has 0 fully saturated rings. The lowest BCUT2D eigenvalue weighted by Gasteiger charge is -2.28. The van der Waals surface area contributed by atoms with E-state index < -0.39 is 0 Å². The maximum absolute atomic E-state index is 5.30. The lowest BCUT2D eigenvalue weighted by molar-refractivity contribution is 0.613. The van der Waals surface area contributed by atoms with Crippen LogP contribution in [0.1, 0.15) is 59.7 Å². The molecule has 52 heavy (non-hydrogen) atoms. The van der Waals surface area contributed by atoms with Crippen molar-refractivity contribution in [3.63, 3.8) is 0 Å². The molecule has 3 aliphatic carbocycles. The summed E-state index contributed by atoms with van der Waals surface area (Å²) in [5.74, 6) is 2.31. The molecular weight excluding hydrogens is 633 g/mol. The van der Waals surface area contributed by atoms with Crippen LogP contribution >= 0.6 is 0 Å². The fraction of sp³-hybridized carbons (Fsp3) is 0.146. The largest absolute Gasteiger partial charge is 0.278 e. The standard InChI is InChI=1S/C48H36N4/c1-48(2)41-24-14-13-23-35(41)38-26-40-39-25-36-33-21-11-9-19-31(33)32-20-10-12-22-34(32)37(36)27-43(39)52(44(40)28-42(38)48)47-50-45(29-15-5-3-6-16-29)49-46(51-47)30-17-7-4-8-18-30/h3-8,10-18,20-25,27-28,38H,9,19,26H2,1-2H3. The van der Waals surface area contributed by atoms with Crippen molar-refractivity contribution in [2.24, 2.45) is 0 Å². The first kappa shape index (κ1) is 29.6. The smallest absolute Gasteiger partial charge is 0.238 e. The summed E-state index contributed by atoms with van der Waals surface area (Å²) in [4.78, 5) is 15.7. The number of aryl methyl sites for hydroxylation is 1. The van der Waals surface area contributed by atoms with Crippen LogP contribution in [-0.2, 0) is 18.3 Å². The van der Waals surface area contributed by atoms with E-state index in [9.17, 15) is 0 Å². The van der Waals surface area contributed by atoms with E-state index in [1.165, 1.54) is 66.0 Å². The third-order valence-corrected chi connectivity index (χ3v) is 11.9. The molecular formula is C48H36N4. The van der Waals surface area contributed by atoms with E-state index in [2.05, 4.69) is 122 Å². The molecule has 0 bridgehead atoms. The van der Waals surface area contributed by atoms with E-state index in [4.69, 9.17) is 15.0 Å². The molecule has 0 saturated heterocycles. The summed E-state index contributed by atoms with van der Waals surface area (Å²) in [6.45, 7) is 4.78. The zero-order valence-electron chi connectivity index (χ0n) is 29.3. The fourth-order valence-corrected chi connectivity index (χ4v) is 9.50. The number of allylic oxidation sites excluding steroid dienone is 2. The summed E-state index contributed by atoms with van der Waals surface area (Å²) in [5, 5.41) is 6.52. The van der Waals surface area contributed by atoms with Crippen molar-refractivity contribution in [1.29, 1.82) is 0 Å². The molecule has 8 aromatic rings. The molecule has 4 heteroatoms. The van der Waals surface area contributed by atoms with Crippen LogP contribution in [0, 0.1) is 0 Å². The normalized spacial score (nSPS) is 16.8. The van der Waals surface area contributed by atoms with E-state index in [1.807, 2.05) is 36.4 Å². The molecule has 0 N–H and O–H groups in total. The monoisotopic (exact) mass is 668 g/mol. The average Bonchev–Trinajstić information content (AvgIpc) is 3.64. The van der Waals surface area contributed by atoms with Gasteiger partial charge in [0.15, 0.2) is 11.6 Å². The molecule has 0 saturated carbocycles. The molecule has 1 atom stereocenters. The van der Waals surface area contributed by atoms with E-state index in [0.717, 1.165) is 35.9 Å². The topological polar surface area (TPSA) is 43.6 Å². The summed E-state index contributed by atoms with van der Waals surface area (Å²) in [7, 11) is 0. The van der Waals surface area contributed by atoms with Gasteiger partial charge >= 0.3 is 0 Å². The number of rotatable bonds is 3.